The first-order valence-corrected chi connectivity index (χ1v) is 4.63. The van der Waals surface area contributed by atoms with E-state index in [2.05, 4.69) is 10.6 Å². The average Bonchev–Trinajstić information content (AvgIpc) is 2.69. The van der Waals surface area contributed by atoms with Gasteiger partial charge in [-0.15, -0.1) is 0 Å². The molecule has 0 aromatic carbocycles. The summed E-state index contributed by atoms with van der Waals surface area (Å²) in [5.41, 5.74) is 0.0557. The molecule has 0 aliphatic carbocycles. The number of carboxylic acid groups (broad SMARTS) is 1. The van der Waals surface area contributed by atoms with Crippen molar-refractivity contribution >= 4 is 23.3 Å². The summed E-state index contributed by atoms with van der Waals surface area (Å²) in [4.78, 5) is 10.8. The van der Waals surface area contributed by atoms with Crippen molar-refractivity contribution in [3.63, 3.8) is 0 Å². The minimum Gasteiger partial charge on any atom is -0.477 e. The van der Waals surface area contributed by atoms with Crippen LogP contribution in [0.15, 0.2) is 34.6 Å². The number of carboxylic acids is 1. The molecular formula is C9H8N2O3S. The topological polar surface area (TPSA) is 74.5 Å². The van der Waals surface area contributed by atoms with Gasteiger partial charge in [0.15, 0.2) is 5.11 Å². The van der Waals surface area contributed by atoms with Gasteiger partial charge in [-0.25, -0.2) is 4.79 Å². The van der Waals surface area contributed by atoms with Crippen LogP contribution >= 0.6 is 12.2 Å². The van der Waals surface area contributed by atoms with E-state index in [0.717, 1.165) is 0 Å². The lowest BCUT2D eigenvalue weighted by molar-refractivity contribution is -0.133. The van der Waals surface area contributed by atoms with Gasteiger partial charge >= 0.3 is 5.97 Å². The molecule has 1 aliphatic rings. The lowest BCUT2D eigenvalue weighted by atomic mass is 10.1. The molecule has 0 bridgehead atoms. The number of hydrogen-bond acceptors (Lipinski definition) is 3. The van der Waals surface area contributed by atoms with Crippen LogP contribution in [0.1, 0.15) is 11.8 Å². The monoisotopic (exact) mass is 224 g/mol. The first kappa shape index (κ1) is 9.72. The fourth-order valence-electron chi connectivity index (χ4n) is 1.30. The zero-order valence-corrected chi connectivity index (χ0v) is 8.38. The lowest BCUT2D eigenvalue weighted by Crippen LogP contribution is -2.43. The molecule has 5 nitrogen and oxygen atoms in total. The Labute approximate surface area is 90.8 Å². The van der Waals surface area contributed by atoms with Crippen LogP contribution in [0.4, 0.5) is 0 Å². The second kappa shape index (κ2) is 3.74. The van der Waals surface area contributed by atoms with E-state index in [9.17, 15) is 4.79 Å². The van der Waals surface area contributed by atoms with E-state index in [1.807, 2.05) is 0 Å². The summed E-state index contributed by atoms with van der Waals surface area (Å²) in [5, 5.41) is 14.5. The summed E-state index contributed by atoms with van der Waals surface area (Å²) >= 11 is 4.88. The van der Waals surface area contributed by atoms with Crippen LogP contribution in [0, 0.1) is 0 Å². The Morgan fingerprint density at radius 3 is 3.00 bits per heavy atom. The Morgan fingerprint density at radius 2 is 2.40 bits per heavy atom. The maximum Gasteiger partial charge on any atom is 0.352 e. The van der Waals surface area contributed by atoms with E-state index in [4.69, 9.17) is 21.7 Å². The number of hydrogen-bond donors (Lipinski definition) is 3. The summed E-state index contributed by atoms with van der Waals surface area (Å²) in [5.74, 6) is -0.423. The van der Waals surface area contributed by atoms with Crippen molar-refractivity contribution in [1.29, 1.82) is 0 Å². The molecule has 2 heterocycles. The third-order valence-corrected chi connectivity index (χ3v) is 2.17. The summed E-state index contributed by atoms with van der Waals surface area (Å²) in [6.45, 7) is 0. The highest BCUT2D eigenvalue weighted by molar-refractivity contribution is 7.80. The second-order valence-electron chi connectivity index (χ2n) is 2.98. The van der Waals surface area contributed by atoms with Crippen molar-refractivity contribution in [2.45, 2.75) is 6.04 Å². The third kappa shape index (κ3) is 1.99. The van der Waals surface area contributed by atoms with Crippen LogP contribution in [-0.2, 0) is 4.79 Å². The van der Waals surface area contributed by atoms with Crippen LogP contribution in [0.5, 0.6) is 0 Å². The van der Waals surface area contributed by atoms with Gasteiger partial charge in [0.1, 0.15) is 17.5 Å². The van der Waals surface area contributed by atoms with E-state index in [1.165, 1.54) is 12.3 Å². The number of aliphatic carboxylic acids is 1. The van der Waals surface area contributed by atoms with Crippen molar-refractivity contribution in [2.24, 2.45) is 0 Å². The summed E-state index contributed by atoms with van der Waals surface area (Å²) < 4.78 is 5.16. The molecule has 1 aliphatic heterocycles. The number of carbonyl (C=O) groups is 1. The molecule has 0 spiro atoms. The SMILES string of the molecule is O=C(O)C1=CC(c2ccco2)NC(=S)N1. The highest BCUT2D eigenvalue weighted by Gasteiger charge is 2.22. The predicted molar refractivity (Wildman–Crippen MR) is 56.0 cm³/mol. The van der Waals surface area contributed by atoms with Crippen LogP contribution < -0.4 is 10.6 Å². The molecule has 1 aromatic rings. The standard InChI is InChI=1S/C9H8N2O3S/c12-8(13)6-4-5(10-9(15)11-6)7-2-1-3-14-7/h1-5H,(H,12,13)(H2,10,11,15). The van der Waals surface area contributed by atoms with Gasteiger partial charge in [-0.1, -0.05) is 0 Å². The van der Waals surface area contributed by atoms with Gasteiger partial charge in [-0.05, 0) is 30.4 Å². The Balaban J connectivity index is 2.30. The van der Waals surface area contributed by atoms with Gasteiger partial charge in [0, 0.05) is 0 Å². The molecule has 0 saturated carbocycles. The smallest absolute Gasteiger partial charge is 0.352 e. The summed E-state index contributed by atoms with van der Waals surface area (Å²) in [7, 11) is 0. The molecule has 1 unspecified atom stereocenters. The van der Waals surface area contributed by atoms with Gasteiger partial charge in [-0.2, -0.15) is 0 Å². The highest BCUT2D eigenvalue weighted by atomic mass is 32.1. The Morgan fingerprint density at radius 1 is 1.60 bits per heavy atom. The molecule has 3 N–H and O–H groups in total. The van der Waals surface area contributed by atoms with Gasteiger partial charge < -0.3 is 20.2 Å². The number of nitrogens with one attached hydrogen (secondary N) is 2. The summed E-state index contributed by atoms with van der Waals surface area (Å²) in [6, 6.07) is 3.15. The molecule has 6 heteroatoms. The fraction of sp³-hybridized carbons (Fsp3) is 0.111. The maximum atomic E-state index is 10.8. The van der Waals surface area contributed by atoms with Crippen molar-refractivity contribution in [1.82, 2.24) is 10.6 Å². The van der Waals surface area contributed by atoms with Crippen molar-refractivity contribution in [3.05, 3.63) is 35.9 Å². The number of thiocarbonyl (C=S) groups is 1. The second-order valence-corrected chi connectivity index (χ2v) is 3.39. The zero-order valence-electron chi connectivity index (χ0n) is 7.56. The van der Waals surface area contributed by atoms with Crippen LogP contribution in [0.3, 0.4) is 0 Å². The van der Waals surface area contributed by atoms with Crippen LogP contribution in [-0.4, -0.2) is 16.2 Å². The van der Waals surface area contributed by atoms with E-state index in [1.54, 1.807) is 12.1 Å². The average molecular weight is 224 g/mol. The lowest BCUT2D eigenvalue weighted by Gasteiger charge is -2.22. The molecule has 0 radical (unpaired) electrons. The maximum absolute atomic E-state index is 10.8. The van der Waals surface area contributed by atoms with Gasteiger partial charge in [0.25, 0.3) is 0 Å². The summed E-state index contributed by atoms with van der Waals surface area (Å²) in [6.07, 6.45) is 3.04. The largest absolute Gasteiger partial charge is 0.477 e. The molecule has 78 valence electrons. The van der Waals surface area contributed by atoms with Crippen molar-refractivity contribution < 1.29 is 14.3 Å². The van der Waals surface area contributed by atoms with E-state index in [-0.39, 0.29) is 16.9 Å². The minimum atomic E-state index is -1.05. The van der Waals surface area contributed by atoms with E-state index in [0.29, 0.717) is 5.76 Å². The first-order valence-electron chi connectivity index (χ1n) is 4.23. The quantitative estimate of drug-likeness (QED) is 0.644. The molecule has 0 saturated heterocycles. The van der Waals surface area contributed by atoms with Crippen molar-refractivity contribution in [2.75, 3.05) is 0 Å². The third-order valence-electron chi connectivity index (χ3n) is 1.95. The Kier molecular flexibility index (Phi) is 2.42. The van der Waals surface area contributed by atoms with Crippen molar-refractivity contribution in [3.8, 4) is 0 Å². The Hall–Kier alpha value is -1.82. The van der Waals surface area contributed by atoms with Gasteiger partial charge in [0.2, 0.25) is 0 Å². The van der Waals surface area contributed by atoms with Crippen LogP contribution in [0.2, 0.25) is 0 Å². The molecule has 15 heavy (non-hydrogen) atoms. The predicted octanol–water partition coefficient (Wildman–Crippen LogP) is 0.767. The normalized spacial score (nSPS) is 20.1. The van der Waals surface area contributed by atoms with E-state index >= 15 is 0 Å². The molecule has 1 aromatic heterocycles. The molecule has 2 rings (SSSR count). The Bertz CT molecular complexity index is 425. The number of furan rings is 1. The number of rotatable bonds is 2. The molecule has 1 atom stereocenters. The van der Waals surface area contributed by atoms with E-state index < -0.39 is 5.97 Å². The highest BCUT2D eigenvalue weighted by Crippen LogP contribution is 2.18. The molecule has 0 fully saturated rings. The molecule has 0 amide bonds. The minimum absolute atomic E-state index is 0.0557. The first-order chi connectivity index (χ1) is 7.16. The molecular weight excluding hydrogens is 216 g/mol. The van der Waals surface area contributed by atoms with Gasteiger partial charge in [0.05, 0.1) is 6.26 Å². The zero-order chi connectivity index (χ0) is 10.8. The van der Waals surface area contributed by atoms with Crippen LogP contribution in [0.25, 0.3) is 0 Å². The fourth-order valence-corrected chi connectivity index (χ4v) is 1.53. The van der Waals surface area contributed by atoms with Gasteiger partial charge in [-0.3, -0.25) is 0 Å².